The lowest BCUT2D eigenvalue weighted by Gasteiger charge is -2.10. The van der Waals surface area contributed by atoms with Gasteiger partial charge in [-0.2, -0.15) is 5.10 Å². The Morgan fingerprint density at radius 1 is 1.09 bits per heavy atom. The van der Waals surface area contributed by atoms with Gasteiger partial charge in [0.15, 0.2) is 5.69 Å². The number of pyridine rings is 1. The number of carboxylic acids is 1. The second-order valence-corrected chi connectivity index (χ2v) is 5.07. The largest absolute Gasteiger partial charge is 0.477 e. The Morgan fingerprint density at radius 3 is 2.59 bits per heavy atom. The van der Waals surface area contributed by atoms with Crippen LogP contribution in [0.3, 0.4) is 0 Å². The zero-order chi connectivity index (χ0) is 15.7. The van der Waals surface area contributed by atoms with Gasteiger partial charge in [0.1, 0.15) is 5.69 Å². The van der Waals surface area contributed by atoms with Crippen LogP contribution in [0.4, 0.5) is 0 Å². The maximum atomic E-state index is 11.6. The van der Waals surface area contributed by atoms with Crippen LogP contribution in [0.2, 0.25) is 0 Å². The average molecular weight is 293 g/mol. The maximum absolute atomic E-state index is 11.6. The first-order valence-corrected chi connectivity index (χ1v) is 6.89. The van der Waals surface area contributed by atoms with Crippen molar-refractivity contribution >= 4 is 5.97 Å². The average Bonchev–Trinajstić information content (AvgIpc) is 2.96. The number of rotatable bonds is 3. The van der Waals surface area contributed by atoms with E-state index in [0.717, 1.165) is 16.8 Å². The van der Waals surface area contributed by atoms with Gasteiger partial charge < -0.3 is 5.11 Å². The second kappa shape index (κ2) is 5.44. The van der Waals surface area contributed by atoms with Crippen LogP contribution < -0.4 is 0 Å². The maximum Gasteiger partial charge on any atom is 0.354 e. The molecule has 0 spiro atoms. The molecule has 0 amide bonds. The molecule has 0 aliphatic heterocycles. The van der Waals surface area contributed by atoms with Crippen LogP contribution in [0.15, 0.2) is 48.7 Å². The van der Waals surface area contributed by atoms with Crippen LogP contribution in [-0.4, -0.2) is 25.8 Å². The van der Waals surface area contributed by atoms with E-state index in [-0.39, 0.29) is 5.69 Å². The van der Waals surface area contributed by atoms with E-state index in [1.165, 1.54) is 4.68 Å². The lowest BCUT2D eigenvalue weighted by atomic mass is 10.1. The summed E-state index contributed by atoms with van der Waals surface area (Å²) in [4.78, 5) is 15.8. The highest BCUT2D eigenvalue weighted by Crippen LogP contribution is 2.23. The molecule has 1 aromatic carbocycles. The summed E-state index contributed by atoms with van der Waals surface area (Å²) in [6.45, 7) is 3.95. The van der Waals surface area contributed by atoms with E-state index in [1.54, 1.807) is 18.3 Å². The SMILES string of the molecule is Cc1cccc(-n2nc(-c3ccccn3)cc2C(=O)O)c1C. The van der Waals surface area contributed by atoms with Gasteiger partial charge in [0.25, 0.3) is 0 Å². The van der Waals surface area contributed by atoms with Gasteiger partial charge in [0.05, 0.1) is 11.4 Å². The van der Waals surface area contributed by atoms with Gasteiger partial charge in [-0.15, -0.1) is 0 Å². The fourth-order valence-electron chi connectivity index (χ4n) is 2.32. The first-order chi connectivity index (χ1) is 10.6. The molecule has 0 aliphatic carbocycles. The number of hydrogen-bond donors (Lipinski definition) is 1. The minimum Gasteiger partial charge on any atom is -0.477 e. The van der Waals surface area contributed by atoms with Crippen molar-refractivity contribution < 1.29 is 9.90 Å². The van der Waals surface area contributed by atoms with Gasteiger partial charge in [-0.1, -0.05) is 18.2 Å². The molecule has 3 rings (SSSR count). The number of carboxylic acid groups (broad SMARTS) is 1. The minimum absolute atomic E-state index is 0.120. The topological polar surface area (TPSA) is 68.0 Å². The molecule has 2 heterocycles. The molecule has 3 aromatic rings. The summed E-state index contributed by atoms with van der Waals surface area (Å²) in [5.74, 6) is -1.02. The van der Waals surface area contributed by atoms with Crippen LogP contribution >= 0.6 is 0 Å². The summed E-state index contributed by atoms with van der Waals surface area (Å²) in [7, 11) is 0. The lowest BCUT2D eigenvalue weighted by molar-refractivity contribution is 0.0687. The molecular weight excluding hydrogens is 278 g/mol. The lowest BCUT2D eigenvalue weighted by Crippen LogP contribution is -2.09. The van der Waals surface area contributed by atoms with Crippen molar-refractivity contribution in [3.05, 3.63) is 65.5 Å². The summed E-state index contributed by atoms with van der Waals surface area (Å²) in [5.41, 5.74) is 4.16. The Kier molecular flexibility index (Phi) is 3.47. The van der Waals surface area contributed by atoms with E-state index in [0.29, 0.717) is 11.4 Å². The predicted molar refractivity (Wildman–Crippen MR) is 83.2 cm³/mol. The zero-order valence-electron chi connectivity index (χ0n) is 12.3. The molecule has 0 fully saturated rings. The van der Waals surface area contributed by atoms with Gasteiger partial charge in [-0.05, 0) is 43.2 Å². The van der Waals surface area contributed by atoms with E-state index in [2.05, 4.69) is 10.1 Å². The Bertz CT molecular complexity index is 838. The fraction of sp³-hybridized carbons (Fsp3) is 0.118. The molecule has 0 aliphatic rings. The quantitative estimate of drug-likeness (QED) is 0.805. The summed E-state index contributed by atoms with van der Waals surface area (Å²) >= 11 is 0. The Balaban J connectivity index is 2.21. The van der Waals surface area contributed by atoms with Crippen LogP contribution in [0.1, 0.15) is 21.6 Å². The van der Waals surface area contributed by atoms with E-state index in [9.17, 15) is 9.90 Å². The molecule has 0 radical (unpaired) electrons. The van der Waals surface area contributed by atoms with Crippen molar-refractivity contribution in [2.24, 2.45) is 0 Å². The van der Waals surface area contributed by atoms with Crippen molar-refractivity contribution in [2.45, 2.75) is 13.8 Å². The fourth-order valence-corrected chi connectivity index (χ4v) is 2.32. The van der Waals surface area contributed by atoms with E-state index < -0.39 is 5.97 Å². The molecule has 1 N–H and O–H groups in total. The number of aryl methyl sites for hydroxylation is 1. The molecule has 0 bridgehead atoms. The summed E-state index contributed by atoms with van der Waals surface area (Å²) < 4.78 is 1.47. The van der Waals surface area contributed by atoms with Gasteiger partial charge in [0.2, 0.25) is 0 Å². The minimum atomic E-state index is -1.02. The Morgan fingerprint density at radius 2 is 1.91 bits per heavy atom. The highest BCUT2D eigenvalue weighted by molar-refractivity contribution is 5.88. The molecule has 22 heavy (non-hydrogen) atoms. The van der Waals surface area contributed by atoms with E-state index in [1.807, 2.05) is 44.2 Å². The molecule has 5 heteroatoms. The molecule has 0 unspecified atom stereocenters. The summed E-state index contributed by atoms with van der Waals surface area (Å²) in [5, 5.41) is 13.9. The molecule has 2 aromatic heterocycles. The number of nitrogens with zero attached hydrogens (tertiary/aromatic N) is 3. The van der Waals surface area contributed by atoms with Crippen molar-refractivity contribution in [1.82, 2.24) is 14.8 Å². The first kappa shape index (κ1) is 14.0. The third kappa shape index (κ3) is 2.37. The van der Waals surface area contributed by atoms with Crippen LogP contribution in [0.5, 0.6) is 0 Å². The van der Waals surface area contributed by atoms with Crippen LogP contribution in [0, 0.1) is 13.8 Å². The highest BCUT2D eigenvalue weighted by atomic mass is 16.4. The van der Waals surface area contributed by atoms with Gasteiger partial charge >= 0.3 is 5.97 Å². The number of benzene rings is 1. The van der Waals surface area contributed by atoms with Gasteiger partial charge in [-0.3, -0.25) is 4.98 Å². The first-order valence-electron chi connectivity index (χ1n) is 6.89. The molecule has 0 saturated heterocycles. The van der Waals surface area contributed by atoms with E-state index >= 15 is 0 Å². The predicted octanol–water partition coefficient (Wildman–Crippen LogP) is 3.25. The third-order valence-corrected chi connectivity index (χ3v) is 3.66. The van der Waals surface area contributed by atoms with E-state index in [4.69, 9.17) is 0 Å². The van der Waals surface area contributed by atoms with Crippen molar-refractivity contribution in [1.29, 1.82) is 0 Å². The molecule has 110 valence electrons. The highest BCUT2D eigenvalue weighted by Gasteiger charge is 2.18. The molecule has 0 atom stereocenters. The zero-order valence-corrected chi connectivity index (χ0v) is 12.3. The number of hydrogen-bond acceptors (Lipinski definition) is 3. The van der Waals surface area contributed by atoms with Crippen molar-refractivity contribution in [3.63, 3.8) is 0 Å². The van der Waals surface area contributed by atoms with Crippen molar-refractivity contribution in [2.75, 3.05) is 0 Å². The standard InChI is InChI=1S/C17H15N3O2/c1-11-6-5-8-15(12(11)2)20-16(17(21)22)10-14(19-20)13-7-3-4-9-18-13/h3-10H,1-2H3,(H,21,22). The smallest absolute Gasteiger partial charge is 0.354 e. The Labute approximate surface area is 127 Å². The number of aromatic nitrogens is 3. The Hall–Kier alpha value is -2.95. The summed E-state index contributed by atoms with van der Waals surface area (Å²) in [6.07, 6.45) is 1.66. The van der Waals surface area contributed by atoms with Crippen LogP contribution in [0.25, 0.3) is 17.1 Å². The molecule has 0 saturated carbocycles. The molecular formula is C17H15N3O2. The number of carbonyl (C=O) groups is 1. The summed E-state index contributed by atoms with van der Waals surface area (Å²) in [6, 6.07) is 12.8. The number of aromatic carboxylic acids is 1. The normalized spacial score (nSPS) is 10.6. The van der Waals surface area contributed by atoms with Gasteiger partial charge in [-0.25, -0.2) is 9.48 Å². The molecule has 5 nitrogen and oxygen atoms in total. The second-order valence-electron chi connectivity index (χ2n) is 5.07. The van der Waals surface area contributed by atoms with Gasteiger partial charge in [0, 0.05) is 12.3 Å². The van der Waals surface area contributed by atoms with Crippen molar-refractivity contribution in [3.8, 4) is 17.1 Å². The monoisotopic (exact) mass is 293 g/mol. The van der Waals surface area contributed by atoms with Crippen LogP contribution in [-0.2, 0) is 0 Å². The third-order valence-electron chi connectivity index (χ3n) is 3.66.